The highest BCUT2D eigenvalue weighted by molar-refractivity contribution is 5.95. The number of hydrogen-bond donors (Lipinski definition) is 0. The monoisotopic (exact) mass is 216 g/mol. The molecule has 2 heterocycles. The number of rotatable bonds is 2. The third kappa shape index (κ3) is 1.77. The Balaban J connectivity index is 1.78. The van der Waals surface area contributed by atoms with Gasteiger partial charge in [0.2, 0.25) is 5.90 Å². The first-order valence-corrected chi connectivity index (χ1v) is 5.96. The Morgan fingerprint density at radius 2 is 1.81 bits per heavy atom. The van der Waals surface area contributed by atoms with E-state index < -0.39 is 0 Å². The molecule has 0 saturated carbocycles. The van der Waals surface area contributed by atoms with Crippen LogP contribution in [0, 0.1) is 0 Å². The van der Waals surface area contributed by atoms with Crippen LogP contribution >= 0.6 is 0 Å². The van der Waals surface area contributed by atoms with Gasteiger partial charge in [0.15, 0.2) is 0 Å². The number of aliphatic imine (C=N–C) groups is 1. The lowest BCUT2D eigenvalue weighted by Gasteiger charge is -2.17. The fraction of sp³-hybridized carbons (Fsp3) is 0.462. The largest absolute Gasteiger partial charge is 0.476 e. The molecule has 3 rings (SSSR count). The zero-order chi connectivity index (χ0) is 10.8. The Hall–Kier alpha value is -1.51. The van der Waals surface area contributed by atoms with Gasteiger partial charge in [-0.1, -0.05) is 0 Å². The van der Waals surface area contributed by atoms with E-state index in [9.17, 15) is 0 Å². The molecule has 0 amide bonds. The van der Waals surface area contributed by atoms with Crippen molar-refractivity contribution >= 4 is 11.6 Å². The highest BCUT2D eigenvalue weighted by atomic mass is 16.5. The zero-order valence-electron chi connectivity index (χ0n) is 9.35. The molecule has 16 heavy (non-hydrogen) atoms. The first-order chi connectivity index (χ1) is 7.93. The van der Waals surface area contributed by atoms with Crippen molar-refractivity contribution in [3.63, 3.8) is 0 Å². The first kappa shape index (κ1) is 9.70. The Kier molecular flexibility index (Phi) is 2.52. The summed E-state index contributed by atoms with van der Waals surface area (Å²) in [5.41, 5.74) is 2.42. The molecule has 1 aromatic carbocycles. The number of benzene rings is 1. The first-order valence-electron chi connectivity index (χ1n) is 5.96. The third-order valence-corrected chi connectivity index (χ3v) is 3.17. The SMILES string of the molecule is c1cc(N2CCCC2)ccc1C1=NCCO1. The molecule has 0 unspecified atom stereocenters. The number of ether oxygens (including phenoxy) is 1. The van der Waals surface area contributed by atoms with E-state index in [0.717, 1.165) is 24.6 Å². The van der Waals surface area contributed by atoms with Gasteiger partial charge in [-0.2, -0.15) is 0 Å². The van der Waals surface area contributed by atoms with E-state index in [2.05, 4.69) is 34.2 Å². The molecule has 1 aromatic rings. The summed E-state index contributed by atoms with van der Waals surface area (Å²) in [6.07, 6.45) is 2.63. The van der Waals surface area contributed by atoms with E-state index in [1.807, 2.05) is 0 Å². The van der Waals surface area contributed by atoms with Crippen LogP contribution in [0.25, 0.3) is 0 Å². The Morgan fingerprint density at radius 3 is 2.44 bits per heavy atom. The second kappa shape index (κ2) is 4.16. The van der Waals surface area contributed by atoms with Crippen LogP contribution in [-0.4, -0.2) is 32.1 Å². The lowest BCUT2D eigenvalue weighted by molar-refractivity contribution is 0.348. The van der Waals surface area contributed by atoms with E-state index in [1.54, 1.807) is 0 Å². The van der Waals surface area contributed by atoms with Gasteiger partial charge in [0.1, 0.15) is 6.61 Å². The van der Waals surface area contributed by atoms with Crippen molar-refractivity contribution in [1.82, 2.24) is 0 Å². The molecule has 2 aliphatic heterocycles. The minimum Gasteiger partial charge on any atom is -0.476 e. The van der Waals surface area contributed by atoms with Crippen molar-refractivity contribution in [3.8, 4) is 0 Å². The van der Waals surface area contributed by atoms with E-state index in [4.69, 9.17) is 4.74 Å². The fourth-order valence-electron chi connectivity index (χ4n) is 2.30. The number of hydrogen-bond acceptors (Lipinski definition) is 3. The molecule has 0 aliphatic carbocycles. The van der Waals surface area contributed by atoms with E-state index in [1.165, 1.54) is 31.6 Å². The molecule has 84 valence electrons. The van der Waals surface area contributed by atoms with Gasteiger partial charge in [0.05, 0.1) is 6.54 Å². The zero-order valence-corrected chi connectivity index (χ0v) is 9.35. The van der Waals surface area contributed by atoms with Crippen molar-refractivity contribution in [3.05, 3.63) is 29.8 Å². The summed E-state index contributed by atoms with van der Waals surface area (Å²) >= 11 is 0. The second-order valence-corrected chi connectivity index (χ2v) is 4.28. The minimum absolute atomic E-state index is 0.725. The summed E-state index contributed by atoms with van der Waals surface area (Å²) < 4.78 is 5.44. The van der Waals surface area contributed by atoms with Crippen molar-refractivity contribution in [1.29, 1.82) is 0 Å². The smallest absolute Gasteiger partial charge is 0.216 e. The molecule has 1 saturated heterocycles. The van der Waals surface area contributed by atoms with Gasteiger partial charge in [-0.05, 0) is 37.1 Å². The lowest BCUT2D eigenvalue weighted by Crippen LogP contribution is -2.17. The fourth-order valence-corrected chi connectivity index (χ4v) is 2.30. The highest BCUT2D eigenvalue weighted by Gasteiger charge is 2.14. The van der Waals surface area contributed by atoms with Crippen LogP contribution in [-0.2, 0) is 4.74 Å². The topological polar surface area (TPSA) is 24.8 Å². The van der Waals surface area contributed by atoms with Crippen LogP contribution < -0.4 is 4.90 Å². The predicted molar refractivity (Wildman–Crippen MR) is 65.2 cm³/mol. The average Bonchev–Trinajstić information content (AvgIpc) is 3.03. The van der Waals surface area contributed by atoms with Gasteiger partial charge in [-0.15, -0.1) is 0 Å². The summed E-state index contributed by atoms with van der Waals surface area (Å²) in [7, 11) is 0. The normalized spacial score (nSPS) is 19.8. The van der Waals surface area contributed by atoms with Gasteiger partial charge in [-0.25, -0.2) is 4.99 Å². The predicted octanol–water partition coefficient (Wildman–Crippen LogP) is 2.06. The summed E-state index contributed by atoms with van der Waals surface area (Å²) in [6, 6.07) is 8.56. The van der Waals surface area contributed by atoms with Crippen molar-refractivity contribution in [2.24, 2.45) is 4.99 Å². The second-order valence-electron chi connectivity index (χ2n) is 4.28. The highest BCUT2D eigenvalue weighted by Crippen LogP contribution is 2.21. The summed E-state index contributed by atoms with van der Waals surface area (Å²) in [4.78, 5) is 6.75. The van der Waals surface area contributed by atoms with Crippen LogP contribution in [0.4, 0.5) is 5.69 Å². The molecular formula is C13H16N2O. The molecule has 0 aromatic heterocycles. The van der Waals surface area contributed by atoms with Crippen LogP contribution in [0.2, 0.25) is 0 Å². The molecule has 3 heteroatoms. The van der Waals surface area contributed by atoms with Gasteiger partial charge in [-0.3, -0.25) is 0 Å². The van der Waals surface area contributed by atoms with Crippen LogP contribution in [0.3, 0.4) is 0 Å². The van der Waals surface area contributed by atoms with Crippen LogP contribution in [0.15, 0.2) is 29.3 Å². The van der Waals surface area contributed by atoms with Crippen LogP contribution in [0.1, 0.15) is 18.4 Å². The number of anilines is 1. The summed E-state index contributed by atoms with van der Waals surface area (Å²) in [5.74, 6) is 0.799. The Labute approximate surface area is 95.7 Å². The molecule has 0 bridgehead atoms. The molecule has 0 radical (unpaired) electrons. The summed E-state index contributed by atoms with van der Waals surface area (Å²) in [6.45, 7) is 3.90. The quantitative estimate of drug-likeness (QED) is 0.756. The maximum absolute atomic E-state index is 5.44. The average molecular weight is 216 g/mol. The molecule has 2 aliphatic rings. The van der Waals surface area contributed by atoms with Gasteiger partial charge >= 0.3 is 0 Å². The van der Waals surface area contributed by atoms with Crippen molar-refractivity contribution in [2.75, 3.05) is 31.1 Å². The van der Waals surface area contributed by atoms with Gasteiger partial charge in [0, 0.05) is 24.3 Å². The van der Waals surface area contributed by atoms with Crippen LogP contribution in [0.5, 0.6) is 0 Å². The molecule has 3 nitrogen and oxygen atoms in total. The maximum Gasteiger partial charge on any atom is 0.216 e. The summed E-state index contributed by atoms with van der Waals surface area (Å²) in [5, 5.41) is 0. The number of nitrogens with zero attached hydrogens (tertiary/aromatic N) is 2. The Bertz CT molecular complexity index is 391. The molecule has 1 fully saturated rings. The van der Waals surface area contributed by atoms with E-state index in [-0.39, 0.29) is 0 Å². The molecular weight excluding hydrogens is 200 g/mol. The lowest BCUT2D eigenvalue weighted by atomic mass is 10.2. The molecule has 0 N–H and O–H groups in total. The molecule has 0 atom stereocenters. The van der Waals surface area contributed by atoms with Gasteiger partial charge in [0.25, 0.3) is 0 Å². The standard InChI is InChI=1S/C13H16N2O/c1-2-9-15(8-1)12-5-3-11(4-6-12)13-14-7-10-16-13/h3-6H,1-2,7-10H2. The van der Waals surface area contributed by atoms with Crippen molar-refractivity contribution in [2.45, 2.75) is 12.8 Å². The van der Waals surface area contributed by atoms with Crippen molar-refractivity contribution < 1.29 is 4.74 Å². The van der Waals surface area contributed by atoms with Gasteiger partial charge < -0.3 is 9.64 Å². The molecule has 0 spiro atoms. The maximum atomic E-state index is 5.44. The third-order valence-electron chi connectivity index (χ3n) is 3.17. The van der Waals surface area contributed by atoms with E-state index in [0.29, 0.717) is 0 Å². The minimum atomic E-state index is 0.725. The Morgan fingerprint density at radius 1 is 1.06 bits per heavy atom. The van der Waals surface area contributed by atoms with E-state index >= 15 is 0 Å².